The van der Waals surface area contributed by atoms with Crippen molar-refractivity contribution in [3.63, 3.8) is 0 Å². The Kier molecular flexibility index (Phi) is 4.29. The summed E-state index contributed by atoms with van der Waals surface area (Å²) in [4.78, 5) is 0. The predicted molar refractivity (Wildman–Crippen MR) is 48.0 cm³/mol. The second-order valence-electron chi connectivity index (χ2n) is 2.94. The topological polar surface area (TPSA) is 23.8 Å². The van der Waals surface area contributed by atoms with Gasteiger partial charge in [0, 0.05) is 0 Å². The van der Waals surface area contributed by atoms with Crippen molar-refractivity contribution < 1.29 is 0 Å². The normalized spacial score (nSPS) is 15.7. The van der Waals surface area contributed by atoms with Crippen LogP contribution in [-0.2, 0) is 0 Å². The van der Waals surface area contributed by atoms with Gasteiger partial charge in [0.25, 0.3) is 0 Å². The van der Waals surface area contributed by atoms with Crippen molar-refractivity contribution in [3.05, 3.63) is 24.8 Å². The van der Waals surface area contributed by atoms with Crippen molar-refractivity contribution in [3.8, 4) is 6.07 Å². The molecule has 0 N–H and O–H groups in total. The summed E-state index contributed by atoms with van der Waals surface area (Å²) in [6.45, 7) is 7.54. The second-order valence-corrected chi connectivity index (χ2v) is 2.94. The lowest BCUT2D eigenvalue weighted by Gasteiger charge is -2.16. The molecule has 0 spiro atoms. The molecule has 1 heteroatoms. The number of nitriles is 1. The lowest BCUT2D eigenvalue weighted by Crippen LogP contribution is -2.10. The first kappa shape index (κ1) is 9.97. The highest BCUT2D eigenvalue weighted by Gasteiger charge is 2.19. The van der Waals surface area contributed by atoms with Gasteiger partial charge in [0.1, 0.15) is 0 Å². The van der Waals surface area contributed by atoms with Crippen molar-refractivity contribution in [2.75, 3.05) is 0 Å². The Balaban J connectivity index is 4.12. The van der Waals surface area contributed by atoms with Crippen LogP contribution in [0, 0.1) is 16.7 Å². The summed E-state index contributed by atoms with van der Waals surface area (Å²) >= 11 is 0. The van der Waals surface area contributed by atoms with Crippen molar-refractivity contribution >= 4 is 0 Å². The average molecular weight is 149 g/mol. The molecule has 0 radical (unpaired) electrons. The summed E-state index contributed by atoms with van der Waals surface area (Å²) in [5, 5.41) is 8.81. The van der Waals surface area contributed by atoms with E-state index in [1.54, 1.807) is 6.08 Å². The maximum absolute atomic E-state index is 8.81. The third kappa shape index (κ3) is 3.62. The smallest absolute Gasteiger partial charge is 0.0693 e. The number of rotatable bonds is 4. The number of allylic oxidation sites excluding steroid dienone is 3. The van der Waals surface area contributed by atoms with Crippen molar-refractivity contribution in [2.45, 2.75) is 26.7 Å². The van der Waals surface area contributed by atoms with Gasteiger partial charge in [-0.2, -0.15) is 5.26 Å². The van der Waals surface area contributed by atoms with Crippen molar-refractivity contribution in [2.24, 2.45) is 5.41 Å². The molecule has 0 aromatic heterocycles. The molecule has 0 aromatic rings. The maximum atomic E-state index is 8.81. The molecule has 0 amide bonds. The number of nitrogens with zero attached hydrogens (tertiary/aromatic N) is 1. The minimum absolute atomic E-state index is 0.256. The molecule has 0 saturated carbocycles. The van der Waals surface area contributed by atoms with E-state index in [0.29, 0.717) is 0 Å². The van der Waals surface area contributed by atoms with E-state index in [1.165, 1.54) is 0 Å². The maximum Gasteiger partial charge on any atom is 0.0693 e. The van der Waals surface area contributed by atoms with Crippen LogP contribution < -0.4 is 0 Å². The molecule has 0 aromatic carbocycles. The minimum Gasteiger partial charge on any atom is -0.198 e. The first-order valence-corrected chi connectivity index (χ1v) is 3.82. The molecule has 1 nitrogen and oxygen atoms in total. The summed E-state index contributed by atoms with van der Waals surface area (Å²) in [5.74, 6) is 0. The fourth-order valence-corrected chi connectivity index (χ4v) is 0.871. The first-order valence-electron chi connectivity index (χ1n) is 3.82. The third-order valence-electron chi connectivity index (χ3n) is 1.67. The van der Waals surface area contributed by atoms with Crippen LogP contribution in [0.15, 0.2) is 24.8 Å². The zero-order valence-electron chi connectivity index (χ0n) is 7.30. The highest BCUT2D eigenvalue weighted by atomic mass is 14.3. The molecule has 1 atom stereocenters. The predicted octanol–water partition coefficient (Wildman–Crippen LogP) is 3.06. The monoisotopic (exact) mass is 149 g/mol. The fourth-order valence-electron chi connectivity index (χ4n) is 0.871. The quantitative estimate of drug-likeness (QED) is 0.563. The molecule has 0 aliphatic carbocycles. The van der Waals surface area contributed by atoms with Gasteiger partial charge in [0.2, 0.25) is 0 Å². The van der Waals surface area contributed by atoms with Gasteiger partial charge in [-0.05, 0) is 26.7 Å². The van der Waals surface area contributed by atoms with Crippen LogP contribution in [0.5, 0.6) is 0 Å². The summed E-state index contributed by atoms with van der Waals surface area (Å²) < 4.78 is 0. The Labute approximate surface area is 69.0 Å². The third-order valence-corrected chi connectivity index (χ3v) is 1.67. The van der Waals surface area contributed by atoms with Crippen molar-refractivity contribution in [1.82, 2.24) is 0 Å². The standard InChI is InChI=1S/C10H15N/c1-4-6-8-10(3,9-11)7-5-2/h4-6H,2,7-8H2,1,3H3. The summed E-state index contributed by atoms with van der Waals surface area (Å²) in [5.41, 5.74) is -0.256. The average Bonchev–Trinajstić information content (AvgIpc) is 2.02. The van der Waals surface area contributed by atoms with E-state index in [2.05, 4.69) is 12.6 Å². The van der Waals surface area contributed by atoms with E-state index in [1.807, 2.05) is 26.0 Å². The van der Waals surface area contributed by atoms with E-state index in [0.717, 1.165) is 12.8 Å². The van der Waals surface area contributed by atoms with Gasteiger partial charge in [0.05, 0.1) is 11.5 Å². The molecule has 0 heterocycles. The molecule has 60 valence electrons. The van der Waals surface area contributed by atoms with Gasteiger partial charge in [-0.25, -0.2) is 0 Å². The Morgan fingerprint density at radius 1 is 1.55 bits per heavy atom. The van der Waals surface area contributed by atoms with Gasteiger partial charge in [0.15, 0.2) is 0 Å². The molecular weight excluding hydrogens is 134 g/mol. The van der Waals surface area contributed by atoms with E-state index in [9.17, 15) is 0 Å². The number of hydrogen-bond donors (Lipinski definition) is 0. The molecule has 0 aliphatic rings. The molecule has 0 bridgehead atoms. The molecule has 0 saturated heterocycles. The van der Waals surface area contributed by atoms with Crippen LogP contribution in [0.25, 0.3) is 0 Å². The molecule has 1 unspecified atom stereocenters. The van der Waals surface area contributed by atoms with E-state index in [-0.39, 0.29) is 5.41 Å². The molecular formula is C10H15N. The Bertz CT molecular complexity index is 186. The van der Waals surface area contributed by atoms with Crippen LogP contribution >= 0.6 is 0 Å². The van der Waals surface area contributed by atoms with Gasteiger partial charge in [-0.3, -0.25) is 0 Å². The highest BCUT2D eigenvalue weighted by Crippen LogP contribution is 2.25. The second kappa shape index (κ2) is 4.73. The first-order chi connectivity index (χ1) is 5.18. The largest absolute Gasteiger partial charge is 0.198 e. The summed E-state index contributed by atoms with van der Waals surface area (Å²) in [6, 6.07) is 2.29. The molecule has 0 aliphatic heterocycles. The Hall–Kier alpha value is -1.03. The van der Waals surface area contributed by atoms with E-state index < -0.39 is 0 Å². The minimum atomic E-state index is -0.256. The van der Waals surface area contributed by atoms with Crippen LogP contribution in [0.2, 0.25) is 0 Å². The Morgan fingerprint density at radius 2 is 2.18 bits per heavy atom. The SMILES string of the molecule is C=CCC(C)(C#N)CC=CC. The lowest BCUT2D eigenvalue weighted by molar-refractivity contribution is 0.455. The summed E-state index contributed by atoms with van der Waals surface area (Å²) in [6.07, 6.45) is 7.36. The van der Waals surface area contributed by atoms with Gasteiger partial charge in [-0.1, -0.05) is 18.2 Å². The molecule has 0 fully saturated rings. The number of hydrogen-bond acceptors (Lipinski definition) is 1. The zero-order valence-corrected chi connectivity index (χ0v) is 7.30. The highest BCUT2D eigenvalue weighted by molar-refractivity contribution is 5.03. The van der Waals surface area contributed by atoms with Crippen molar-refractivity contribution in [1.29, 1.82) is 5.26 Å². The Morgan fingerprint density at radius 3 is 2.55 bits per heavy atom. The van der Waals surface area contributed by atoms with E-state index >= 15 is 0 Å². The summed E-state index contributed by atoms with van der Waals surface area (Å²) in [7, 11) is 0. The van der Waals surface area contributed by atoms with E-state index in [4.69, 9.17) is 5.26 Å². The van der Waals surface area contributed by atoms with Crippen LogP contribution in [0.1, 0.15) is 26.7 Å². The molecule has 0 rings (SSSR count). The van der Waals surface area contributed by atoms with Crippen LogP contribution in [-0.4, -0.2) is 0 Å². The van der Waals surface area contributed by atoms with Crippen LogP contribution in [0.3, 0.4) is 0 Å². The fraction of sp³-hybridized carbons (Fsp3) is 0.500. The van der Waals surface area contributed by atoms with Gasteiger partial charge >= 0.3 is 0 Å². The van der Waals surface area contributed by atoms with Crippen LogP contribution in [0.4, 0.5) is 0 Å². The molecule has 11 heavy (non-hydrogen) atoms. The van der Waals surface area contributed by atoms with Gasteiger partial charge in [-0.15, -0.1) is 6.58 Å². The zero-order chi connectivity index (χ0) is 8.74. The lowest BCUT2D eigenvalue weighted by atomic mass is 9.85. The van der Waals surface area contributed by atoms with Gasteiger partial charge < -0.3 is 0 Å².